The number of H-pyrrole nitrogens is 1. The highest BCUT2D eigenvalue weighted by molar-refractivity contribution is 5.94. The normalized spacial score (nSPS) is 19.1. The predicted octanol–water partition coefficient (Wildman–Crippen LogP) is 2.16. The van der Waals surface area contributed by atoms with E-state index >= 15 is 0 Å². The van der Waals surface area contributed by atoms with Crippen molar-refractivity contribution in [3.63, 3.8) is 0 Å². The van der Waals surface area contributed by atoms with Crippen LogP contribution in [0.3, 0.4) is 0 Å². The first-order valence-electron chi connectivity index (χ1n) is 8.98. The molecule has 1 aromatic heterocycles. The summed E-state index contributed by atoms with van der Waals surface area (Å²) in [6, 6.07) is 8.10. The van der Waals surface area contributed by atoms with Crippen LogP contribution < -0.4 is 15.0 Å². The van der Waals surface area contributed by atoms with E-state index in [1.54, 1.807) is 7.11 Å². The minimum atomic E-state index is -0.0462. The number of hydrogen-bond acceptors (Lipinski definition) is 4. The summed E-state index contributed by atoms with van der Waals surface area (Å²) >= 11 is 0. The molecule has 0 radical (unpaired) electrons. The molecule has 2 heterocycles. The summed E-state index contributed by atoms with van der Waals surface area (Å²) in [4.78, 5) is 14.8. The summed E-state index contributed by atoms with van der Waals surface area (Å²) in [5.41, 5.74) is 3.96. The van der Waals surface area contributed by atoms with Crippen LogP contribution in [-0.2, 0) is 12.8 Å². The number of rotatable bonds is 5. The van der Waals surface area contributed by atoms with Crippen molar-refractivity contribution in [3.05, 3.63) is 41.2 Å². The van der Waals surface area contributed by atoms with E-state index in [1.165, 1.54) is 0 Å². The average molecular weight is 340 g/mol. The Kier molecular flexibility index (Phi) is 4.34. The van der Waals surface area contributed by atoms with Gasteiger partial charge in [-0.2, -0.15) is 5.10 Å². The van der Waals surface area contributed by atoms with Crippen LogP contribution in [0.5, 0.6) is 5.75 Å². The van der Waals surface area contributed by atoms with Gasteiger partial charge in [-0.25, -0.2) is 0 Å². The molecule has 1 aromatic carbocycles. The first-order chi connectivity index (χ1) is 12.3. The summed E-state index contributed by atoms with van der Waals surface area (Å²) < 4.78 is 5.46. The second-order valence-corrected chi connectivity index (χ2v) is 6.87. The van der Waals surface area contributed by atoms with Gasteiger partial charge in [0.2, 0.25) is 0 Å². The molecule has 1 saturated heterocycles. The molecule has 4 rings (SSSR count). The number of benzene rings is 1. The summed E-state index contributed by atoms with van der Waals surface area (Å²) in [6.45, 7) is 2.60. The van der Waals surface area contributed by atoms with E-state index in [-0.39, 0.29) is 5.91 Å². The van der Waals surface area contributed by atoms with Gasteiger partial charge >= 0.3 is 0 Å². The van der Waals surface area contributed by atoms with Gasteiger partial charge in [0.15, 0.2) is 5.69 Å². The largest absolute Gasteiger partial charge is 0.495 e. The van der Waals surface area contributed by atoms with Crippen molar-refractivity contribution in [2.75, 3.05) is 31.6 Å². The summed E-state index contributed by atoms with van der Waals surface area (Å²) in [5.74, 6) is 1.30. The number of carbonyl (C=O) groups excluding carboxylic acids is 1. The molecule has 2 N–H and O–H groups in total. The summed E-state index contributed by atoms with van der Waals surface area (Å²) in [5, 5.41) is 10.3. The Hall–Kier alpha value is -2.50. The van der Waals surface area contributed by atoms with E-state index in [1.807, 2.05) is 18.2 Å². The Bertz CT molecular complexity index is 771. The molecule has 6 heteroatoms. The van der Waals surface area contributed by atoms with Gasteiger partial charge in [0.05, 0.1) is 12.8 Å². The zero-order chi connectivity index (χ0) is 17.2. The summed E-state index contributed by atoms with van der Waals surface area (Å²) in [6.07, 6.45) is 4.14. The number of amides is 1. The molecule has 1 unspecified atom stereocenters. The molecule has 2 aliphatic rings. The van der Waals surface area contributed by atoms with Gasteiger partial charge in [0.25, 0.3) is 5.91 Å². The lowest BCUT2D eigenvalue weighted by Gasteiger charge is -2.21. The molecule has 1 amide bonds. The van der Waals surface area contributed by atoms with Crippen LogP contribution >= 0.6 is 0 Å². The highest BCUT2D eigenvalue weighted by atomic mass is 16.5. The number of aromatic amines is 1. The maximum atomic E-state index is 12.4. The van der Waals surface area contributed by atoms with Gasteiger partial charge in [-0.15, -0.1) is 0 Å². The van der Waals surface area contributed by atoms with Gasteiger partial charge < -0.3 is 15.0 Å². The molecule has 1 aliphatic heterocycles. The minimum Gasteiger partial charge on any atom is -0.495 e. The van der Waals surface area contributed by atoms with Gasteiger partial charge in [0.1, 0.15) is 5.75 Å². The average Bonchev–Trinajstić information content (AvgIpc) is 3.36. The smallest absolute Gasteiger partial charge is 0.272 e. The molecule has 0 bridgehead atoms. The van der Waals surface area contributed by atoms with E-state index in [0.717, 1.165) is 61.5 Å². The molecule has 6 nitrogen and oxygen atoms in total. The molecule has 25 heavy (non-hydrogen) atoms. The number of nitrogens with zero attached hydrogens (tertiary/aromatic N) is 2. The van der Waals surface area contributed by atoms with Crippen LogP contribution in [0, 0.1) is 5.92 Å². The third-order valence-corrected chi connectivity index (χ3v) is 5.28. The molecule has 2 aromatic rings. The number of para-hydroxylation sites is 2. The molecular formula is C19H24N4O2. The number of ether oxygens (including phenoxy) is 1. The van der Waals surface area contributed by atoms with E-state index in [4.69, 9.17) is 4.74 Å². The quantitative estimate of drug-likeness (QED) is 0.875. The van der Waals surface area contributed by atoms with Crippen molar-refractivity contribution in [1.29, 1.82) is 0 Å². The number of fused-ring (bicyclic) bond motifs is 1. The van der Waals surface area contributed by atoms with Crippen LogP contribution in [-0.4, -0.2) is 42.8 Å². The van der Waals surface area contributed by atoms with Crippen molar-refractivity contribution in [2.45, 2.75) is 25.7 Å². The van der Waals surface area contributed by atoms with Crippen LogP contribution in [0.4, 0.5) is 5.69 Å². The molecular weight excluding hydrogens is 316 g/mol. The first-order valence-corrected chi connectivity index (χ1v) is 8.98. The molecule has 1 fully saturated rings. The third kappa shape index (κ3) is 3.08. The van der Waals surface area contributed by atoms with Crippen molar-refractivity contribution in [3.8, 4) is 5.75 Å². The molecule has 0 saturated carbocycles. The predicted molar refractivity (Wildman–Crippen MR) is 96.3 cm³/mol. The monoisotopic (exact) mass is 340 g/mol. The van der Waals surface area contributed by atoms with E-state index in [0.29, 0.717) is 18.2 Å². The minimum absolute atomic E-state index is 0.0462. The molecule has 1 aliphatic carbocycles. The fourth-order valence-electron chi connectivity index (χ4n) is 3.94. The molecule has 132 valence electrons. The van der Waals surface area contributed by atoms with Crippen molar-refractivity contribution >= 4 is 11.6 Å². The number of nitrogens with one attached hydrogen (secondary N) is 2. The fraction of sp³-hybridized carbons (Fsp3) is 0.474. The van der Waals surface area contributed by atoms with Crippen LogP contribution in [0.1, 0.15) is 34.6 Å². The van der Waals surface area contributed by atoms with E-state index in [2.05, 4.69) is 26.5 Å². The number of aryl methyl sites for hydroxylation is 1. The Labute approximate surface area is 147 Å². The SMILES string of the molecule is COc1ccccc1N1CCC(CNC(=O)c2n[nH]c3c2CCC3)C1. The second kappa shape index (κ2) is 6.78. The Morgan fingerprint density at radius 1 is 1.40 bits per heavy atom. The highest BCUT2D eigenvalue weighted by Crippen LogP contribution is 2.31. The van der Waals surface area contributed by atoms with Gasteiger partial charge in [0, 0.05) is 30.9 Å². The fourth-order valence-corrected chi connectivity index (χ4v) is 3.94. The number of carbonyl (C=O) groups is 1. The van der Waals surface area contributed by atoms with Crippen molar-refractivity contribution in [1.82, 2.24) is 15.5 Å². The zero-order valence-corrected chi connectivity index (χ0v) is 14.5. The van der Waals surface area contributed by atoms with E-state index in [9.17, 15) is 4.79 Å². The van der Waals surface area contributed by atoms with E-state index < -0.39 is 0 Å². The Balaban J connectivity index is 1.34. The number of aromatic nitrogens is 2. The van der Waals surface area contributed by atoms with Crippen LogP contribution in [0.2, 0.25) is 0 Å². The second-order valence-electron chi connectivity index (χ2n) is 6.87. The maximum absolute atomic E-state index is 12.4. The maximum Gasteiger partial charge on any atom is 0.272 e. The standard InChI is InChI=1S/C19H24N4O2/c1-25-17-8-3-2-7-16(17)23-10-9-13(12-23)11-20-19(24)18-14-5-4-6-15(14)21-22-18/h2-3,7-8,13H,4-6,9-12H2,1H3,(H,20,24)(H,21,22). The van der Waals surface area contributed by atoms with Crippen LogP contribution in [0.15, 0.2) is 24.3 Å². The molecule has 0 spiro atoms. The lowest BCUT2D eigenvalue weighted by molar-refractivity contribution is 0.0942. The summed E-state index contributed by atoms with van der Waals surface area (Å²) in [7, 11) is 1.70. The zero-order valence-electron chi connectivity index (χ0n) is 14.5. The van der Waals surface area contributed by atoms with Gasteiger partial charge in [-0.1, -0.05) is 12.1 Å². The lowest BCUT2D eigenvalue weighted by atomic mass is 10.1. The van der Waals surface area contributed by atoms with Crippen molar-refractivity contribution in [2.24, 2.45) is 5.92 Å². The molecule has 1 atom stereocenters. The van der Waals surface area contributed by atoms with Crippen molar-refractivity contribution < 1.29 is 9.53 Å². The Morgan fingerprint density at radius 3 is 3.16 bits per heavy atom. The van der Waals surface area contributed by atoms with Gasteiger partial charge in [-0.3, -0.25) is 9.89 Å². The first kappa shape index (κ1) is 16.0. The number of methoxy groups -OCH3 is 1. The van der Waals surface area contributed by atoms with Crippen LogP contribution in [0.25, 0.3) is 0 Å². The number of hydrogen-bond donors (Lipinski definition) is 2. The number of anilines is 1. The highest BCUT2D eigenvalue weighted by Gasteiger charge is 2.27. The van der Waals surface area contributed by atoms with Gasteiger partial charge in [-0.05, 0) is 43.7 Å². The third-order valence-electron chi connectivity index (χ3n) is 5.28. The topological polar surface area (TPSA) is 70.2 Å². The Morgan fingerprint density at radius 2 is 2.28 bits per heavy atom. The lowest BCUT2D eigenvalue weighted by Crippen LogP contribution is -2.31.